The van der Waals surface area contributed by atoms with E-state index in [-0.39, 0.29) is 24.2 Å². The molecule has 39 heavy (non-hydrogen) atoms. The maximum atomic E-state index is 13.2. The highest BCUT2D eigenvalue weighted by Gasteiger charge is 2.37. The largest absolute Gasteiger partial charge is 0.416 e. The van der Waals surface area contributed by atoms with Crippen LogP contribution in [0, 0.1) is 0 Å². The van der Waals surface area contributed by atoms with Crippen LogP contribution in [0.2, 0.25) is 5.02 Å². The van der Waals surface area contributed by atoms with Crippen molar-refractivity contribution in [3.63, 3.8) is 0 Å². The summed E-state index contributed by atoms with van der Waals surface area (Å²) in [5.74, 6) is 0. The van der Waals surface area contributed by atoms with Crippen molar-refractivity contribution in [3.8, 4) is 0 Å². The average molecular weight is 570 g/mol. The van der Waals surface area contributed by atoms with Gasteiger partial charge in [-0.2, -0.15) is 26.3 Å². The monoisotopic (exact) mass is 569 g/mol. The Hall–Kier alpha value is -2.59. The van der Waals surface area contributed by atoms with Crippen LogP contribution in [-0.2, 0) is 25.3 Å². The third-order valence-electron chi connectivity index (χ3n) is 6.98. The molecule has 0 spiro atoms. The number of hydrogen-bond donors (Lipinski definition) is 1. The third kappa shape index (κ3) is 8.45. The summed E-state index contributed by atoms with van der Waals surface area (Å²) in [5, 5.41) is 3.83. The number of hydrogen-bond acceptors (Lipinski definition) is 3. The van der Waals surface area contributed by atoms with Crippen LogP contribution >= 0.6 is 11.6 Å². The molecule has 210 valence electrons. The number of halogens is 7. The maximum absolute atomic E-state index is 13.2. The van der Waals surface area contributed by atoms with E-state index in [9.17, 15) is 26.3 Å². The third-order valence-corrected chi connectivity index (χ3v) is 7.23. The van der Waals surface area contributed by atoms with Gasteiger partial charge in [0.2, 0.25) is 0 Å². The van der Waals surface area contributed by atoms with Gasteiger partial charge in [-0.25, -0.2) is 0 Å². The fraction of sp³-hybridized carbons (Fsp3) is 0.379. The van der Waals surface area contributed by atoms with E-state index in [2.05, 4.69) is 15.1 Å². The SMILES string of the molecule is FC(F)(F)c1cc(CNCC(c2ccccc2)N2CCN(CCc3ccc(Cl)cc3)CC2)cc(C(F)(F)F)c1. The van der Waals surface area contributed by atoms with Gasteiger partial charge in [-0.15, -0.1) is 0 Å². The molecule has 1 atom stereocenters. The number of rotatable bonds is 9. The van der Waals surface area contributed by atoms with E-state index >= 15 is 0 Å². The Morgan fingerprint density at radius 1 is 0.744 bits per heavy atom. The van der Waals surface area contributed by atoms with Crippen LogP contribution < -0.4 is 5.32 Å². The van der Waals surface area contributed by atoms with Crippen molar-refractivity contribution in [2.24, 2.45) is 0 Å². The second-order valence-corrected chi connectivity index (χ2v) is 10.2. The first-order chi connectivity index (χ1) is 18.5. The maximum Gasteiger partial charge on any atom is 0.416 e. The van der Waals surface area contributed by atoms with Gasteiger partial charge in [-0.3, -0.25) is 4.90 Å². The first-order valence-corrected chi connectivity index (χ1v) is 13.1. The molecule has 0 saturated carbocycles. The molecule has 1 aliphatic heterocycles. The molecule has 0 bridgehead atoms. The first-order valence-electron chi connectivity index (χ1n) is 12.7. The highest BCUT2D eigenvalue weighted by molar-refractivity contribution is 6.30. The lowest BCUT2D eigenvalue weighted by molar-refractivity contribution is -0.143. The predicted molar refractivity (Wildman–Crippen MR) is 141 cm³/mol. The zero-order valence-corrected chi connectivity index (χ0v) is 22.0. The van der Waals surface area contributed by atoms with Gasteiger partial charge < -0.3 is 10.2 Å². The minimum Gasteiger partial charge on any atom is -0.311 e. The lowest BCUT2D eigenvalue weighted by Crippen LogP contribution is -2.49. The number of nitrogens with zero attached hydrogens (tertiary/aromatic N) is 2. The molecular weight excluding hydrogens is 540 g/mol. The van der Waals surface area contributed by atoms with Gasteiger partial charge in [0.25, 0.3) is 0 Å². The van der Waals surface area contributed by atoms with Crippen molar-refractivity contribution in [1.82, 2.24) is 15.1 Å². The summed E-state index contributed by atoms with van der Waals surface area (Å²) < 4.78 is 79.5. The van der Waals surface area contributed by atoms with Crippen LogP contribution in [0.3, 0.4) is 0 Å². The van der Waals surface area contributed by atoms with Crippen LogP contribution in [0.5, 0.6) is 0 Å². The van der Waals surface area contributed by atoms with Crippen molar-refractivity contribution >= 4 is 11.6 Å². The predicted octanol–water partition coefficient (Wildman–Crippen LogP) is 7.07. The summed E-state index contributed by atoms with van der Waals surface area (Å²) in [4.78, 5) is 4.70. The number of nitrogens with one attached hydrogen (secondary N) is 1. The van der Waals surface area contributed by atoms with Crippen molar-refractivity contribution in [3.05, 3.63) is 106 Å². The highest BCUT2D eigenvalue weighted by atomic mass is 35.5. The van der Waals surface area contributed by atoms with Crippen molar-refractivity contribution in [2.45, 2.75) is 31.4 Å². The van der Waals surface area contributed by atoms with E-state index in [0.29, 0.717) is 11.6 Å². The zero-order chi connectivity index (χ0) is 28.0. The molecule has 10 heteroatoms. The van der Waals surface area contributed by atoms with E-state index in [1.165, 1.54) is 5.56 Å². The Balaban J connectivity index is 1.39. The smallest absolute Gasteiger partial charge is 0.311 e. The molecule has 3 nitrogen and oxygen atoms in total. The normalized spacial score (nSPS) is 16.4. The molecule has 1 unspecified atom stereocenters. The van der Waals surface area contributed by atoms with E-state index in [0.717, 1.165) is 56.8 Å². The number of benzene rings is 3. The van der Waals surface area contributed by atoms with Crippen LogP contribution in [0.15, 0.2) is 72.8 Å². The first kappa shape index (κ1) is 29.4. The molecule has 1 saturated heterocycles. The summed E-state index contributed by atoms with van der Waals surface area (Å²) in [6.45, 7) is 4.50. The van der Waals surface area contributed by atoms with Crippen LogP contribution in [0.4, 0.5) is 26.3 Å². The fourth-order valence-electron chi connectivity index (χ4n) is 4.84. The molecule has 3 aromatic carbocycles. The minimum absolute atomic E-state index is 0.0593. The Bertz CT molecular complexity index is 1160. The summed E-state index contributed by atoms with van der Waals surface area (Å²) in [7, 11) is 0. The molecule has 1 heterocycles. The summed E-state index contributed by atoms with van der Waals surface area (Å²) in [5.41, 5.74) is -0.404. The lowest BCUT2D eigenvalue weighted by atomic mass is 10.0. The number of alkyl halides is 6. The van der Waals surface area contributed by atoms with Gasteiger partial charge >= 0.3 is 12.4 Å². The van der Waals surface area contributed by atoms with Gasteiger partial charge in [-0.05, 0) is 53.4 Å². The molecule has 4 rings (SSSR count). The molecule has 1 fully saturated rings. The summed E-state index contributed by atoms with van der Waals surface area (Å²) in [6.07, 6.45) is -8.82. The molecule has 0 radical (unpaired) electrons. The lowest BCUT2D eigenvalue weighted by Gasteiger charge is -2.39. The van der Waals surface area contributed by atoms with Gasteiger partial charge in [-0.1, -0.05) is 54.1 Å². The molecule has 0 amide bonds. The second-order valence-electron chi connectivity index (χ2n) is 9.73. The Kier molecular flexibility index (Phi) is 9.59. The Morgan fingerprint density at radius 2 is 1.33 bits per heavy atom. The molecule has 0 aliphatic carbocycles. The van der Waals surface area contributed by atoms with Crippen molar-refractivity contribution < 1.29 is 26.3 Å². The standard InChI is InChI=1S/C29H30ClF6N3/c30-26-8-6-21(7-9-26)10-11-38-12-14-39(15-13-38)27(23-4-2-1-3-5-23)20-37-19-22-16-24(28(31,32)33)18-25(17-22)29(34,35)36/h1-9,16-18,27,37H,10-15,19-20H2. The summed E-state index contributed by atoms with van der Waals surface area (Å²) >= 11 is 5.97. The number of piperazine rings is 1. The highest BCUT2D eigenvalue weighted by Crippen LogP contribution is 2.36. The Morgan fingerprint density at radius 3 is 1.90 bits per heavy atom. The van der Waals surface area contributed by atoms with Crippen LogP contribution in [0.1, 0.15) is 33.9 Å². The van der Waals surface area contributed by atoms with Crippen molar-refractivity contribution in [1.29, 1.82) is 0 Å². The fourth-order valence-corrected chi connectivity index (χ4v) is 4.97. The zero-order valence-electron chi connectivity index (χ0n) is 21.2. The molecule has 0 aromatic heterocycles. The molecule has 1 aliphatic rings. The van der Waals surface area contributed by atoms with Gasteiger partial charge in [0, 0.05) is 56.9 Å². The van der Waals surface area contributed by atoms with Gasteiger partial charge in [0.15, 0.2) is 0 Å². The van der Waals surface area contributed by atoms with Crippen LogP contribution in [0.25, 0.3) is 0 Å². The Labute approximate surface area is 229 Å². The van der Waals surface area contributed by atoms with E-state index in [1.54, 1.807) is 0 Å². The topological polar surface area (TPSA) is 18.5 Å². The molecule has 1 N–H and O–H groups in total. The molecular formula is C29H30ClF6N3. The summed E-state index contributed by atoms with van der Waals surface area (Å²) in [6, 6.07) is 19.2. The van der Waals surface area contributed by atoms with Crippen molar-refractivity contribution in [2.75, 3.05) is 39.3 Å². The molecule has 3 aromatic rings. The van der Waals surface area contributed by atoms with Crippen LogP contribution in [-0.4, -0.2) is 49.1 Å². The van der Waals surface area contributed by atoms with Gasteiger partial charge in [0.1, 0.15) is 0 Å². The average Bonchev–Trinajstić information content (AvgIpc) is 2.91. The second kappa shape index (κ2) is 12.7. The van der Waals surface area contributed by atoms with E-state index in [1.807, 2.05) is 54.6 Å². The van der Waals surface area contributed by atoms with E-state index in [4.69, 9.17) is 11.6 Å². The quantitative estimate of drug-likeness (QED) is 0.278. The minimum atomic E-state index is -4.87. The van der Waals surface area contributed by atoms with Gasteiger partial charge in [0.05, 0.1) is 11.1 Å². The van der Waals surface area contributed by atoms with E-state index < -0.39 is 23.5 Å².